The van der Waals surface area contributed by atoms with E-state index < -0.39 is 27.7 Å². The summed E-state index contributed by atoms with van der Waals surface area (Å²) in [6, 6.07) is 15.1. The SMILES string of the molecule is C=CC[C@](CCCN)(NC(=O)OCc1ccccc1)C(=O)O.Cc1ccc(S(=O)(=O)O)cc1. The Morgan fingerprint density at radius 1 is 1.15 bits per heavy atom. The van der Waals surface area contributed by atoms with Gasteiger partial charge in [0.05, 0.1) is 4.90 Å². The van der Waals surface area contributed by atoms with Crippen LogP contribution in [0.2, 0.25) is 0 Å². The highest BCUT2D eigenvalue weighted by Crippen LogP contribution is 2.19. The fraction of sp³-hybridized carbons (Fsp3) is 0.304. The standard InChI is InChI=1S/C16H22N2O4.C7H8O3S/c1-2-9-16(14(19)20,10-6-11-17)18-15(21)22-12-13-7-4-3-5-8-13;1-6-2-4-7(5-3-6)11(8,9)10/h2-5,7-8H,1,6,9-12,17H2,(H,18,21)(H,19,20);2-5H,1H3,(H,8,9,10)/t16-;/m1./s1. The van der Waals surface area contributed by atoms with Crippen LogP contribution in [0.5, 0.6) is 0 Å². The lowest BCUT2D eigenvalue weighted by Crippen LogP contribution is -2.54. The molecule has 0 radical (unpaired) electrons. The van der Waals surface area contributed by atoms with Crippen LogP contribution in [-0.4, -0.2) is 42.2 Å². The highest BCUT2D eigenvalue weighted by Gasteiger charge is 2.38. The van der Waals surface area contributed by atoms with Crippen molar-refractivity contribution in [1.29, 1.82) is 0 Å². The molecule has 33 heavy (non-hydrogen) atoms. The molecule has 0 aliphatic rings. The lowest BCUT2D eigenvalue weighted by Gasteiger charge is -2.29. The molecule has 0 spiro atoms. The number of hydrogen-bond donors (Lipinski definition) is 4. The van der Waals surface area contributed by atoms with E-state index in [0.717, 1.165) is 11.1 Å². The van der Waals surface area contributed by atoms with Crippen molar-refractivity contribution in [2.45, 2.75) is 43.2 Å². The Hall–Kier alpha value is -3.21. The van der Waals surface area contributed by atoms with Gasteiger partial charge in [-0.15, -0.1) is 6.58 Å². The van der Waals surface area contributed by atoms with E-state index in [1.165, 1.54) is 18.2 Å². The molecule has 0 aromatic heterocycles. The number of benzene rings is 2. The second-order valence-electron chi connectivity index (χ2n) is 7.25. The minimum Gasteiger partial charge on any atom is -0.479 e. The van der Waals surface area contributed by atoms with Crippen molar-refractivity contribution in [3.05, 3.63) is 78.4 Å². The summed E-state index contributed by atoms with van der Waals surface area (Å²) in [5.74, 6) is -1.13. The van der Waals surface area contributed by atoms with Gasteiger partial charge in [0.25, 0.3) is 10.1 Å². The first-order chi connectivity index (χ1) is 15.5. The summed E-state index contributed by atoms with van der Waals surface area (Å²) in [5.41, 5.74) is 5.78. The molecule has 10 heteroatoms. The molecule has 0 aliphatic carbocycles. The number of carbonyl (C=O) groups excluding carboxylic acids is 1. The van der Waals surface area contributed by atoms with Crippen LogP contribution in [0.25, 0.3) is 0 Å². The molecule has 1 amide bonds. The molecule has 5 N–H and O–H groups in total. The summed E-state index contributed by atoms with van der Waals surface area (Å²) in [6.45, 7) is 5.81. The number of aliphatic carboxylic acids is 1. The van der Waals surface area contributed by atoms with Crippen LogP contribution >= 0.6 is 0 Å². The van der Waals surface area contributed by atoms with Gasteiger partial charge < -0.3 is 20.9 Å². The molecule has 0 unspecified atom stereocenters. The topological polar surface area (TPSA) is 156 Å². The monoisotopic (exact) mass is 478 g/mol. The molecule has 180 valence electrons. The Morgan fingerprint density at radius 2 is 1.76 bits per heavy atom. The molecule has 2 aromatic rings. The lowest BCUT2D eigenvalue weighted by molar-refractivity contribution is -0.145. The van der Waals surface area contributed by atoms with Crippen molar-refractivity contribution in [3.63, 3.8) is 0 Å². The fourth-order valence-electron chi connectivity index (χ4n) is 2.78. The van der Waals surface area contributed by atoms with Gasteiger partial charge in [0.15, 0.2) is 0 Å². The van der Waals surface area contributed by atoms with Crippen LogP contribution in [0.15, 0.2) is 72.1 Å². The molecular weight excluding hydrogens is 448 g/mol. The first-order valence-electron chi connectivity index (χ1n) is 10.1. The van der Waals surface area contributed by atoms with Gasteiger partial charge in [-0.1, -0.05) is 54.1 Å². The Balaban J connectivity index is 0.000000412. The second-order valence-corrected chi connectivity index (χ2v) is 8.67. The van der Waals surface area contributed by atoms with E-state index in [1.54, 1.807) is 12.1 Å². The maximum absolute atomic E-state index is 11.9. The number of nitrogens with two attached hydrogens (primary N) is 1. The summed E-state index contributed by atoms with van der Waals surface area (Å²) in [6.07, 6.45) is 1.47. The van der Waals surface area contributed by atoms with Crippen molar-refractivity contribution in [2.24, 2.45) is 5.73 Å². The highest BCUT2D eigenvalue weighted by atomic mass is 32.2. The number of aryl methyl sites for hydroxylation is 1. The van der Waals surface area contributed by atoms with E-state index in [9.17, 15) is 23.1 Å². The average Bonchev–Trinajstić information content (AvgIpc) is 2.77. The Bertz CT molecular complexity index is 1010. The van der Waals surface area contributed by atoms with Crippen LogP contribution < -0.4 is 11.1 Å². The number of carbonyl (C=O) groups is 2. The third-order valence-electron chi connectivity index (χ3n) is 4.58. The fourth-order valence-corrected chi connectivity index (χ4v) is 3.26. The zero-order valence-corrected chi connectivity index (χ0v) is 19.3. The van der Waals surface area contributed by atoms with Gasteiger partial charge in [-0.05, 0) is 50.4 Å². The minimum absolute atomic E-state index is 0.0666. The second kappa shape index (κ2) is 13.4. The highest BCUT2D eigenvalue weighted by molar-refractivity contribution is 7.85. The summed E-state index contributed by atoms with van der Waals surface area (Å²) >= 11 is 0. The average molecular weight is 479 g/mol. The molecular formula is C23H30N2O7S. The number of hydrogen-bond acceptors (Lipinski definition) is 6. The quantitative estimate of drug-likeness (QED) is 0.299. The van der Waals surface area contributed by atoms with Crippen molar-refractivity contribution < 1.29 is 32.4 Å². The van der Waals surface area contributed by atoms with E-state index in [0.29, 0.717) is 13.0 Å². The zero-order chi connectivity index (χ0) is 24.9. The van der Waals surface area contributed by atoms with Crippen LogP contribution in [0.1, 0.15) is 30.4 Å². The Labute approximate surface area is 194 Å². The number of nitrogens with one attached hydrogen (secondary N) is 1. The molecule has 9 nitrogen and oxygen atoms in total. The molecule has 0 aliphatic heterocycles. The lowest BCUT2D eigenvalue weighted by atomic mass is 9.89. The van der Waals surface area contributed by atoms with Crippen molar-refractivity contribution >= 4 is 22.2 Å². The van der Waals surface area contributed by atoms with E-state index in [2.05, 4.69) is 11.9 Å². The van der Waals surface area contributed by atoms with Gasteiger partial charge in [0, 0.05) is 0 Å². The van der Waals surface area contributed by atoms with Crippen molar-refractivity contribution in [1.82, 2.24) is 5.32 Å². The van der Waals surface area contributed by atoms with E-state index in [1.807, 2.05) is 37.3 Å². The third kappa shape index (κ3) is 9.85. The molecule has 1 atom stereocenters. The Kier molecular flexibility index (Phi) is 11.3. The predicted molar refractivity (Wildman–Crippen MR) is 124 cm³/mol. The number of carboxylic acids is 1. The first kappa shape index (κ1) is 27.8. The molecule has 0 saturated carbocycles. The van der Waals surface area contributed by atoms with Crippen LogP contribution in [0.3, 0.4) is 0 Å². The maximum atomic E-state index is 11.9. The van der Waals surface area contributed by atoms with Crippen molar-refractivity contribution in [3.8, 4) is 0 Å². The van der Waals surface area contributed by atoms with Crippen LogP contribution in [0.4, 0.5) is 4.79 Å². The van der Waals surface area contributed by atoms with Gasteiger partial charge in [0.1, 0.15) is 12.1 Å². The molecule has 0 fully saturated rings. The molecule has 0 saturated heterocycles. The summed E-state index contributed by atoms with van der Waals surface area (Å²) in [7, 11) is -4.02. The number of amides is 1. The van der Waals surface area contributed by atoms with Gasteiger partial charge in [-0.2, -0.15) is 8.42 Å². The van der Waals surface area contributed by atoms with E-state index in [4.69, 9.17) is 15.0 Å². The third-order valence-corrected chi connectivity index (χ3v) is 5.45. The summed E-state index contributed by atoms with van der Waals surface area (Å²) in [5, 5.41) is 11.9. The number of carboxylic acid groups (broad SMARTS) is 1. The largest absolute Gasteiger partial charge is 0.479 e. The molecule has 2 aromatic carbocycles. The van der Waals surface area contributed by atoms with E-state index >= 15 is 0 Å². The predicted octanol–water partition coefficient (Wildman–Crippen LogP) is 3.29. The van der Waals surface area contributed by atoms with Gasteiger partial charge in [-0.3, -0.25) is 4.55 Å². The normalized spacial score (nSPS) is 12.5. The number of rotatable bonds is 10. The van der Waals surface area contributed by atoms with Gasteiger partial charge >= 0.3 is 12.1 Å². The summed E-state index contributed by atoms with van der Waals surface area (Å²) in [4.78, 5) is 23.4. The summed E-state index contributed by atoms with van der Waals surface area (Å²) < 4.78 is 34.6. The first-order valence-corrected chi connectivity index (χ1v) is 11.6. The molecule has 0 bridgehead atoms. The number of ether oxygens (including phenoxy) is 1. The van der Waals surface area contributed by atoms with E-state index in [-0.39, 0.29) is 24.3 Å². The molecule has 2 rings (SSSR count). The number of alkyl carbamates (subject to hydrolysis) is 1. The van der Waals surface area contributed by atoms with Crippen LogP contribution in [0, 0.1) is 6.92 Å². The van der Waals surface area contributed by atoms with Gasteiger partial charge in [-0.25, -0.2) is 9.59 Å². The smallest absolute Gasteiger partial charge is 0.408 e. The van der Waals surface area contributed by atoms with Gasteiger partial charge in [0.2, 0.25) is 0 Å². The minimum atomic E-state index is -4.02. The zero-order valence-electron chi connectivity index (χ0n) is 18.4. The maximum Gasteiger partial charge on any atom is 0.408 e. The van der Waals surface area contributed by atoms with Crippen molar-refractivity contribution in [2.75, 3.05) is 6.54 Å². The van der Waals surface area contributed by atoms with Crippen LogP contribution in [-0.2, 0) is 26.3 Å². The molecule has 0 heterocycles. The Morgan fingerprint density at radius 3 is 2.24 bits per heavy atom.